The Kier molecular flexibility index (Phi) is 5.52. The number of halogens is 4. The maximum atomic E-state index is 13.9. The number of carbonyl (C=O) groups is 1. The Bertz CT molecular complexity index is 810. The summed E-state index contributed by atoms with van der Waals surface area (Å²) in [6, 6.07) is 5.36. The molecule has 1 fully saturated rings. The molecule has 1 heterocycles. The van der Waals surface area contributed by atoms with Crippen molar-refractivity contribution in [2.45, 2.75) is 25.2 Å². The molecule has 2 aliphatic rings. The normalized spacial score (nSPS) is 21.8. The van der Waals surface area contributed by atoms with E-state index in [1.54, 1.807) is 11.0 Å². The van der Waals surface area contributed by atoms with Gasteiger partial charge in [0.2, 0.25) is 5.67 Å². The van der Waals surface area contributed by atoms with Gasteiger partial charge in [-0.2, -0.15) is 13.2 Å². The van der Waals surface area contributed by atoms with E-state index in [1.807, 2.05) is 25.1 Å². The van der Waals surface area contributed by atoms with Gasteiger partial charge in [0.1, 0.15) is 12.4 Å². The summed E-state index contributed by atoms with van der Waals surface area (Å²) in [5.74, 6) is -0.731. The lowest BCUT2D eigenvalue weighted by Gasteiger charge is -2.42. The Morgan fingerprint density at radius 2 is 2.11 bits per heavy atom. The lowest BCUT2D eigenvalue weighted by atomic mass is 9.83. The van der Waals surface area contributed by atoms with Crippen LogP contribution in [0.4, 0.5) is 17.6 Å². The molecule has 1 aromatic carbocycles. The molecule has 0 spiro atoms. The molecule has 1 aromatic rings. The molecular weight excluding hydrogens is 378 g/mol. The molecule has 152 valence electrons. The molecule has 28 heavy (non-hydrogen) atoms. The monoisotopic (exact) mass is 399 g/mol. The minimum absolute atomic E-state index is 0.114. The van der Waals surface area contributed by atoms with Gasteiger partial charge in [0.05, 0.1) is 0 Å². The highest BCUT2D eigenvalue weighted by Crippen LogP contribution is 2.34. The number of alkyl halides is 4. The second-order valence-electron chi connectivity index (χ2n) is 7.36. The van der Waals surface area contributed by atoms with Crippen molar-refractivity contribution >= 4 is 12.0 Å². The second-order valence-corrected chi connectivity index (χ2v) is 7.36. The van der Waals surface area contributed by atoms with Crippen LogP contribution in [-0.2, 0) is 11.2 Å². The number of nitrogens with zero attached hydrogens (tertiary/aromatic N) is 1. The first-order valence-corrected chi connectivity index (χ1v) is 8.91. The fraction of sp³-hybridized carbons (Fsp3) is 0.450. The number of ether oxygens (including phenoxy) is 1. The van der Waals surface area contributed by atoms with Crippen molar-refractivity contribution in [2.24, 2.45) is 5.92 Å². The van der Waals surface area contributed by atoms with Crippen LogP contribution in [0.3, 0.4) is 0 Å². The summed E-state index contributed by atoms with van der Waals surface area (Å²) in [6.07, 6.45) is -0.539. The fourth-order valence-corrected chi connectivity index (χ4v) is 3.49. The zero-order valence-corrected chi connectivity index (χ0v) is 15.3. The second kappa shape index (κ2) is 7.58. The Labute approximate surface area is 160 Å². The highest BCUT2D eigenvalue weighted by Gasteiger charge is 2.50. The largest absolute Gasteiger partial charge is 0.490 e. The Morgan fingerprint density at radius 1 is 1.39 bits per heavy atom. The van der Waals surface area contributed by atoms with E-state index >= 15 is 0 Å². The van der Waals surface area contributed by atoms with Gasteiger partial charge in [-0.3, -0.25) is 4.90 Å². The minimum Gasteiger partial charge on any atom is -0.490 e. The van der Waals surface area contributed by atoms with Crippen LogP contribution in [0.1, 0.15) is 18.1 Å². The van der Waals surface area contributed by atoms with Gasteiger partial charge >= 0.3 is 12.1 Å². The molecule has 0 aromatic heterocycles. The molecule has 1 aliphatic heterocycles. The van der Waals surface area contributed by atoms with Crippen LogP contribution in [0.25, 0.3) is 6.08 Å². The van der Waals surface area contributed by atoms with Gasteiger partial charge in [-0.1, -0.05) is 24.6 Å². The van der Waals surface area contributed by atoms with Crippen LogP contribution < -0.4 is 4.74 Å². The number of allylic oxidation sites excluding steroid dienone is 1. The quantitative estimate of drug-likeness (QED) is 0.583. The maximum absolute atomic E-state index is 13.9. The molecule has 3 rings (SSSR count). The molecule has 0 amide bonds. The predicted molar refractivity (Wildman–Crippen MR) is 95.9 cm³/mol. The summed E-state index contributed by atoms with van der Waals surface area (Å²) < 4.78 is 55.5. The predicted octanol–water partition coefficient (Wildman–Crippen LogP) is 3.87. The summed E-state index contributed by atoms with van der Waals surface area (Å²) in [5, 5.41) is 8.85. The Balaban J connectivity index is 1.61. The third-order valence-electron chi connectivity index (χ3n) is 5.01. The highest BCUT2D eigenvalue weighted by molar-refractivity contribution is 5.79. The van der Waals surface area contributed by atoms with Crippen molar-refractivity contribution in [3.8, 4) is 5.75 Å². The number of carboxylic acids is 1. The average molecular weight is 399 g/mol. The van der Waals surface area contributed by atoms with Gasteiger partial charge in [0.15, 0.2) is 0 Å². The molecular formula is C20H21F4NO3. The average Bonchev–Trinajstić information content (AvgIpc) is 2.56. The van der Waals surface area contributed by atoms with Crippen molar-refractivity contribution in [1.82, 2.24) is 4.90 Å². The van der Waals surface area contributed by atoms with Crippen molar-refractivity contribution in [1.29, 1.82) is 0 Å². The van der Waals surface area contributed by atoms with Gasteiger partial charge in [0, 0.05) is 25.7 Å². The number of carboxylic acid groups (broad SMARTS) is 1. The molecule has 0 saturated carbocycles. The first-order valence-electron chi connectivity index (χ1n) is 8.91. The van der Waals surface area contributed by atoms with E-state index in [9.17, 15) is 22.4 Å². The van der Waals surface area contributed by atoms with Crippen LogP contribution in [0, 0.1) is 5.92 Å². The van der Waals surface area contributed by atoms with E-state index in [1.165, 1.54) is 0 Å². The molecule has 1 N–H and O–H groups in total. The minimum atomic E-state index is -4.35. The molecule has 0 unspecified atom stereocenters. The van der Waals surface area contributed by atoms with Crippen LogP contribution in [-0.4, -0.2) is 54.1 Å². The van der Waals surface area contributed by atoms with Gasteiger partial charge < -0.3 is 9.84 Å². The molecule has 4 nitrogen and oxygen atoms in total. The number of benzene rings is 1. The molecule has 1 atom stereocenters. The highest BCUT2D eigenvalue weighted by atomic mass is 19.4. The van der Waals surface area contributed by atoms with Crippen molar-refractivity contribution in [3.05, 3.63) is 47.1 Å². The third kappa shape index (κ3) is 4.73. The zero-order valence-electron chi connectivity index (χ0n) is 15.3. The van der Waals surface area contributed by atoms with Gasteiger partial charge in [0.25, 0.3) is 0 Å². The number of hydrogen-bond donors (Lipinski definition) is 1. The van der Waals surface area contributed by atoms with E-state index in [0.717, 1.165) is 29.2 Å². The van der Waals surface area contributed by atoms with Crippen molar-refractivity contribution < 1.29 is 32.2 Å². The van der Waals surface area contributed by atoms with Gasteiger partial charge in [-0.15, -0.1) is 0 Å². The number of hydrogen-bond acceptors (Lipinski definition) is 3. The van der Waals surface area contributed by atoms with Crippen LogP contribution >= 0.6 is 0 Å². The van der Waals surface area contributed by atoms with Crippen LogP contribution in [0.15, 0.2) is 35.9 Å². The van der Waals surface area contributed by atoms with E-state index in [4.69, 9.17) is 9.84 Å². The smallest absolute Gasteiger partial charge is 0.409 e. The van der Waals surface area contributed by atoms with E-state index in [0.29, 0.717) is 12.3 Å². The number of rotatable bonds is 6. The SMILES string of the molecule is C[C@@H]1Cc2cc(OC/C=C\C(F)(F)F)ccc2C=C1CN1CC(F)(C(=O)O)C1. The van der Waals surface area contributed by atoms with Crippen molar-refractivity contribution in [2.75, 3.05) is 26.2 Å². The summed E-state index contributed by atoms with van der Waals surface area (Å²) in [6.45, 7) is 2.15. The van der Waals surface area contributed by atoms with Gasteiger partial charge in [-0.25, -0.2) is 9.18 Å². The molecule has 0 bridgehead atoms. The van der Waals surface area contributed by atoms with E-state index in [-0.39, 0.29) is 31.7 Å². The van der Waals surface area contributed by atoms with Gasteiger partial charge in [-0.05, 0) is 41.7 Å². The van der Waals surface area contributed by atoms with E-state index < -0.39 is 17.8 Å². The standard InChI is InChI=1S/C20H21F4NO3/c1-13-7-15-9-17(28-6-2-5-20(22,23)24)4-3-14(15)8-16(13)10-25-11-19(21,12-25)18(26)27/h2-5,8-9,13H,6-7,10-12H2,1H3,(H,26,27)/b5-2-/t13-/m1/s1. The Hall–Kier alpha value is -2.35. The fourth-order valence-electron chi connectivity index (χ4n) is 3.49. The zero-order chi connectivity index (χ0) is 20.5. The van der Waals surface area contributed by atoms with Crippen LogP contribution in [0.2, 0.25) is 0 Å². The lowest BCUT2D eigenvalue weighted by molar-refractivity contribution is -0.163. The first kappa shape index (κ1) is 20.4. The summed E-state index contributed by atoms with van der Waals surface area (Å²) in [7, 11) is 0. The molecule has 1 saturated heterocycles. The first-order chi connectivity index (χ1) is 13.1. The Morgan fingerprint density at radius 3 is 2.75 bits per heavy atom. The molecule has 8 heteroatoms. The van der Waals surface area contributed by atoms with Crippen molar-refractivity contribution in [3.63, 3.8) is 0 Å². The number of aliphatic carboxylic acids is 1. The number of likely N-dealkylation sites (tertiary alicyclic amines) is 1. The lowest BCUT2D eigenvalue weighted by Crippen LogP contribution is -2.63. The number of fused-ring (bicyclic) bond motifs is 1. The van der Waals surface area contributed by atoms with E-state index in [2.05, 4.69) is 0 Å². The van der Waals surface area contributed by atoms with Crippen LogP contribution in [0.5, 0.6) is 5.75 Å². The topological polar surface area (TPSA) is 49.8 Å². The molecule has 1 aliphatic carbocycles. The molecule has 0 radical (unpaired) electrons. The summed E-state index contributed by atoms with van der Waals surface area (Å²) in [5.41, 5.74) is 0.962. The summed E-state index contributed by atoms with van der Waals surface area (Å²) in [4.78, 5) is 12.6. The third-order valence-corrected chi connectivity index (χ3v) is 5.01. The summed E-state index contributed by atoms with van der Waals surface area (Å²) >= 11 is 0. The maximum Gasteiger partial charge on any atom is 0.409 e.